The zero-order valence-electron chi connectivity index (χ0n) is 17.1. The lowest BCUT2D eigenvalue weighted by molar-refractivity contribution is -0.139. The first-order valence-electron chi connectivity index (χ1n) is 9.98. The summed E-state index contributed by atoms with van der Waals surface area (Å²) < 4.78 is 0. The molecule has 2 amide bonds. The van der Waals surface area contributed by atoms with Gasteiger partial charge in [0, 0.05) is 23.9 Å². The smallest absolute Gasteiger partial charge is 0.242 e. The van der Waals surface area contributed by atoms with Crippen LogP contribution in [-0.4, -0.2) is 35.1 Å². The van der Waals surface area contributed by atoms with Gasteiger partial charge in [-0.2, -0.15) is 0 Å². The number of nitrogens with one attached hydrogen (secondary N) is 1. The van der Waals surface area contributed by atoms with Crippen molar-refractivity contribution in [1.82, 2.24) is 10.2 Å². The first kappa shape index (κ1) is 23.3. The molecule has 2 aromatic rings. The van der Waals surface area contributed by atoms with Crippen LogP contribution in [0.4, 0.5) is 0 Å². The van der Waals surface area contributed by atoms with Crippen molar-refractivity contribution in [2.75, 3.05) is 12.3 Å². The summed E-state index contributed by atoms with van der Waals surface area (Å²) in [6.45, 7) is 5.00. The van der Waals surface area contributed by atoms with Crippen LogP contribution >= 0.6 is 23.4 Å². The highest BCUT2D eigenvalue weighted by atomic mass is 35.5. The maximum Gasteiger partial charge on any atom is 0.242 e. The molecular weight excluding hydrogens is 404 g/mol. The Bertz CT molecular complexity index is 785. The fourth-order valence-electron chi connectivity index (χ4n) is 3.03. The molecule has 29 heavy (non-hydrogen) atoms. The van der Waals surface area contributed by atoms with Gasteiger partial charge in [0.25, 0.3) is 0 Å². The van der Waals surface area contributed by atoms with Crippen LogP contribution in [0.25, 0.3) is 0 Å². The highest BCUT2D eigenvalue weighted by molar-refractivity contribution is 7.99. The molecule has 0 spiro atoms. The van der Waals surface area contributed by atoms with Gasteiger partial charge in [-0.3, -0.25) is 9.59 Å². The Labute approximate surface area is 183 Å². The van der Waals surface area contributed by atoms with Crippen molar-refractivity contribution >= 4 is 35.2 Å². The Morgan fingerprint density at radius 2 is 1.79 bits per heavy atom. The van der Waals surface area contributed by atoms with Gasteiger partial charge in [0.05, 0.1) is 5.75 Å². The van der Waals surface area contributed by atoms with E-state index in [2.05, 4.69) is 5.32 Å². The zero-order chi connectivity index (χ0) is 21.1. The first-order chi connectivity index (χ1) is 14.0. The van der Waals surface area contributed by atoms with Gasteiger partial charge in [-0.15, -0.1) is 11.8 Å². The number of hydrogen-bond donors (Lipinski definition) is 1. The topological polar surface area (TPSA) is 49.4 Å². The van der Waals surface area contributed by atoms with Gasteiger partial charge in [-0.05, 0) is 36.1 Å². The zero-order valence-corrected chi connectivity index (χ0v) is 18.6. The van der Waals surface area contributed by atoms with Crippen LogP contribution in [0.3, 0.4) is 0 Å². The van der Waals surface area contributed by atoms with E-state index in [1.165, 1.54) is 11.8 Å². The molecule has 0 aromatic heterocycles. The lowest BCUT2D eigenvalue weighted by Gasteiger charge is -2.30. The molecule has 0 fully saturated rings. The number of nitrogens with zero attached hydrogens (tertiary/aromatic N) is 1. The van der Waals surface area contributed by atoms with Crippen molar-refractivity contribution in [3.8, 4) is 0 Å². The Kier molecular flexibility index (Phi) is 10.1. The van der Waals surface area contributed by atoms with E-state index in [9.17, 15) is 9.59 Å². The molecule has 0 aliphatic carbocycles. The Morgan fingerprint density at radius 1 is 1.07 bits per heavy atom. The number of carbonyl (C=O) groups is 2. The molecule has 0 heterocycles. The molecule has 4 nitrogen and oxygen atoms in total. The molecule has 0 aliphatic rings. The highest BCUT2D eigenvalue weighted by Gasteiger charge is 2.28. The summed E-state index contributed by atoms with van der Waals surface area (Å²) in [4.78, 5) is 27.5. The van der Waals surface area contributed by atoms with Gasteiger partial charge in [0.1, 0.15) is 6.04 Å². The SMILES string of the molecule is CCCNC(=O)[C@H](CC)N(Cc1ccccc1)C(=O)CSCc1cccc(Cl)c1. The normalized spacial score (nSPS) is 11.7. The Morgan fingerprint density at radius 3 is 2.45 bits per heavy atom. The molecule has 2 aromatic carbocycles. The van der Waals surface area contributed by atoms with Gasteiger partial charge in [0.15, 0.2) is 0 Å². The quantitative estimate of drug-likeness (QED) is 0.549. The number of carbonyl (C=O) groups excluding carboxylic acids is 2. The van der Waals surface area contributed by atoms with E-state index in [-0.39, 0.29) is 11.8 Å². The number of halogens is 1. The number of amides is 2. The second-order valence-electron chi connectivity index (χ2n) is 6.85. The first-order valence-corrected chi connectivity index (χ1v) is 11.5. The lowest BCUT2D eigenvalue weighted by atomic mass is 10.1. The molecular formula is C23H29ClN2O2S. The fraction of sp³-hybridized carbons (Fsp3) is 0.391. The molecule has 0 saturated heterocycles. The molecule has 0 aliphatic heterocycles. The van der Waals surface area contributed by atoms with E-state index in [1.807, 2.05) is 68.4 Å². The molecule has 0 bridgehead atoms. The predicted octanol–water partition coefficient (Wildman–Crippen LogP) is 4.91. The minimum atomic E-state index is -0.471. The minimum Gasteiger partial charge on any atom is -0.354 e. The summed E-state index contributed by atoms with van der Waals surface area (Å²) in [6, 6.07) is 17.0. The fourth-order valence-corrected chi connectivity index (χ4v) is 4.10. The molecule has 0 saturated carbocycles. The van der Waals surface area contributed by atoms with E-state index < -0.39 is 6.04 Å². The summed E-state index contributed by atoms with van der Waals surface area (Å²) in [6.07, 6.45) is 1.44. The monoisotopic (exact) mass is 432 g/mol. The van der Waals surface area contributed by atoms with Gasteiger partial charge < -0.3 is 10.2 Å². The summed E-state index contributed by atoms with van der Waals surface area (Å²) >= 11 is 7.57. The Hall–Kier alpha value is -1.98. The molecule has 6 heteroatoms. The third kappa shape index (κ3) is 7.75. The van der Waals surface area contributed by atoms with Crippen molar-refractivity contribution < 1.29 is 9.59 Å². The third-order valence-corrected chi connectivity index (χ3v) is 5.74. The average molecular weight is 433 g/mol. The summed E-state index contributed by atoms with van der Waals surface area (Å²) in [5, 5.41) is 3.63. The summed E-state index contributed by atoms with van der Waals surface area (Å²) in [5.41, 5.74) is 2.10. The average Bonchev–Trinajstić information content (AvgIpc) is 2.72. The molecule has 1 atom stereocenters. The van der Waals surface area contributed by atoms with Crippen molar-refractivity contribution in [2.45, 2.75) is 45.0 Å². The maximum atomic E-state index is 13.1. The van der Waals surface area contributed by atoms with Crippen LogP contribution in [0.5, 0.6) is 0 Å². The third-order valence-electron chi connectivity index (χ3n) is 4.51. The van der Waals surface area contributed by atoms with E-state index in [1.54, 1.807) is 4.90 Å². The van der Waals surface area contributed by atoms with Crippen LogP contribution in [-0.2, 0) is 21.9 Å². The van der Waals surface area contributed by atoms with Crippen LogP contribution in [0.2, 0.25) is 5.02 Å². The lowest BCUT2D eigenvalue weighted by Crippen LogP contribution is -2.49. The molecule has 156 valence electrons. The maximum absolute atomic E-state index is 13.1. The van der Waals surface area contributed by atoms with Gasteiger partial charge in [-0.25, -0.2) is 0 Å². The van der Waals surface area contributed by atoms with Crippen molar-refractivity contribution in [3.05, 3.63) is 70.7 Å². The minimum absolute atomic E-state index is 0.0284. The van der Waals surface area contributed by atoms with Crippen LogP contribution in [0, 0.1) is 0 Å². The van der Waals surface area contributed by atoms with E-state index in [4.69, 9.17) is 11.6 Å². The van der Waals surface area contributed by atoms with E-state index in [0.29, 0.717) is 36.0 Å². The summed E-state index contributed by atoms with van der Waals surface area (Å²) in [7, 11) is 0. The number of rotatable bonds is 11. The molecule has 1 N–H and O–H groups in total. The van der Waals surface area contributed by atoms with E-state index in [0.717, 1.165) is 17.5 Å². The van der Waals surface area contributed by atoms with Gasteiger partial charge in [-0.1, -0.05) is 67.9 Å². The molecule has 2 rings (SSSR count). The van der Waals surface area contributed by atoms with Crippen LogP contribution in [0.15, 0.2) is 54.6 Å². The second kappa shape index (κ2) is 12.6. The standard InChI is InChI=1S/C23H29ClN2O2S/c1-3-13-25-23(28)21(4-2)26(15-18-9-6-5-7-10-18)22(27)17-29-16-19-11-8-12-20(24)14-19/h5-12,14,21H,3-4,13,15-17H2,1-2H3,(H,25,28)/t21-/m0/s1. The predicted molar refractivity (Wildman–Crippen MR) is 122 cm³/mol. The Balaban J connectivity index is 2.07. The molecule has 0 unspecified atom stereocenters. The van der Waals surface area contributed by atoms with Crippen molar-refractivity contribution in [3.63, 3.8) is 0 Å². The number of hydrogen-bond acceptors (Lipinski definition) is 3. The van der Waals surface area contributed by atoms with E-state index >= 15 is 0 Å². The highest BCUT2D eigenvalue weighted by Crippen LogP contribution is 2.19. The number of benzene rings is 2. The van der Waals surface area contributed by atoms with Crippen molar-refractivity contribution in [2.24, 2.45) is 0 Å². The van der Waals surface area contributed by atoms with Crippen LogP contribution in [0.1, 0.15) is 37.8 Å². The summed E-state index contributed by atoms with van der Waals surface area (Å²) in [5.74, 6) is 0.902. The second-order valence-corrected chi connectivity index (χ2v) is 8.27. The van der Waals surface area contributed by atoms with Crippen LogP contribution < -0.4 is 5.32 Å². The van der Waals surface area contributed by atoms with Gasteiger partial charge >= 0.3 is 0 Å². The largest absolute Gasteiger partial charge is 0.354 e. The van der Waals surface area contributed by atoms with Crippen molar-refractivity contribution in [1.29, 1.82) is 0 Å². The van der Waals surface area contributed by atoms with Gasteiger partial charge in [0.2, 0.25) is 11.8 Å². The molecule has 0 radical (unpaired) electrons. The number of thioether (sulfide) groups is 1.